The van der Waals surface area contributed by atoms with Crippen LogP contribution in [0.15, 0.2) is 36.5 Å². The molecule has 2 rings (SSSR count). The molecule has 0 saturated carbocycles. The fraction of sp³-hybridized carbons (Fsp3) is 0.444. The smallest absolute Gasteiger partial charge is 0.302 e. The second kappa shape index (κ2) is 9.20. The molecule has 136 valence electrons. The number of benzene rings is 1. The van der Waals surface area contributed by atoms with Crippen molar-refractivity contribution in [2.45, 2.75) is 45.6 Å². The van der Waals surface area contributed by atoms with E-state index in [2.05, 4.69) is 4.98 Å². The van der Waals surface area contributed by atoms with Crippen molar-refractivity contribution in [3.63, 3.8) is 0 Å². The number of fused-ring (bicyclic) bond motifs is 1. The predicted molar refractivity (Wildman–Crippen MR) is 96.3 cm³/mol. The highest BCUT2D eigenvalue weighted by molar-refractivity contribution is 7.47. The molecule has 1 aromatic carbocycles. The molecular formula is C18H24NO5P. The number of aromatic nitrogens is 1. The molecule has 1 unspecified atom stereocenters. The number of hydrogen-bond acceptors (Lipinski definition) is 5. The highest BCUT2D eigenvalue weighted by Gasteiger charge is 2.22. The van der Waals surface area contributed by atoms with Gasteiger partial charge in [0.25, 0.3) is 0 Å². The summed E-state index contributed by atoms with van der Waals surface area (Å²) in [4.78, 5) is 25.8. The van der Waals surface area contributed by atoms with Gasteiger partial charge in [-0.2, -0.15) is 0 Å². The van der Waals surface area contributed by atoms with E-state index in [-0.39, 0.29) is 18.5 Å². The molecule has 0 saturated heterocycles. The third kappa shape index (κ3) is 7.04. The zero-order valence-corrected chi connectivity index (χ0v) is 15.4. The van der Waals surface area contributed by atoms with Gasteiger partial charge < -0.3 is 4.89 Å². The molecule has 1 aromatic heterocycles. The van der Waals surface area contributed by atoms with Gasteiger partial charge in [-0.1, -0.05) is 24.3 Å². The number of phosphoric acid groups is 1. The Labute approximate surface area is 147 Å². The lowest BCUT2D eigenvalue weighted by atomic mass is 10.1. The number of carbonyl (C=O) groups is 1. The van der Waals surface area contributed by atoms with Gasteiger partial charge in [0.2, 0.25) is 0 Å². The van der Waals surface area contributed by atoms with Crippen LogP contribution in [0.5, 0.6) is 0 Å². The van der Waals surface area contributed by atoms with Crippen molar-refractivity contribution < 1.29 is 23.3 Å². The summed E-state index contributed by atoms with van der Waals surface area (Å²) >= 11 is 0. The van der Waals surface area contributed by atoms with Crippen LogP contribution >= 0.6 is 7.82 Å². The van der Waals surface area contributed by atoms with E-state index >= 15 is 0 Å². The molecular weight excluding hydrogens is 341 g/mol. The maximum Gasteiger partial charge on any atom is 0.472 e. The minimum atomic E-state index is -3.99. The first-order chi connectivity index (χ1) is 11.9. The van der Waals surface area contributed by atoms with E-state index in [1.54, 1.807) is 20.0 Å². The van der Waals surface area contributed by atoms with E-state index < -0.39 is 7.82 Å². The molecule has 0 amide bonds. The standard InChI is InChI=1S/C18H24NO5P/c1-14(2)24-25(21,22)23-10-6-5-9-18(20)12-17-11-15-7-3-4-8-16(15)13-19-17/h3-4,7-8,11,13-14H,5-6,9-10,12H2,1-2H3,(H,21,22). The molecule has 7 heteroatoms. The number of rotatable bonds is 10. The number of Topliss-reactive ketones (excluding diaryl/α,β-unsaturated/α-hetero) is 1. The number of carbonyl (C=O) groups excluding carboxylic acids is 1. The Morgan fingerprint density at radius 3 is 2.68 bits per heavy atom. The van der Waals surface area contributed by atoms with Crippen LogP contribution in [0.4, 0.5) is 0 Å². The van der Waals surface area contributed by atoms with Gasteiger partial charge in [-0.25, -0.2) is 4.57 Å². The molecule has 2 aromatic rings. The number of nitrogens with zero attached hydrogens (tertiary/aromatic N) is 1. The molecule has 1 N–H and O–H groups in total. The summed E-state index contributed by atoms with van der Waals surface area (Å²) in [6.07, 6.45) is 3.18. The highest BCUT2D eigenvalue weighted by Crippen LogP contribution is 2.44. The van der Waals surface area contributed by atoms with Gasteiger partial charge >= 0.3 is 7.82 Å². The van der Waals surface area contributed by atoms with Crippen molar-refractivity contribution in [3.8, 4) is 0 Å². The molecule has 6 nitrogen and oxygen atoms in total. The number of hydrogen-bond donors (Lipinski definition) is 1. The van der Waals surface area contributed by atoms with Gasteiger partial charge in [-0.3, -0.25) is 18.8 Å². The normalized spacial score (nSPS) is 13.9. The minimum absolute atomic E-state index is 0.0853. The Bertz CT molecular complexity index is 762. The Morgan fingerprint density at radius 1 is 1.24 bits per heavy atom. The maximum absolute atomic E-state index is 12.0. The quantitative estimate of drug-likeness (QED) is 0.505. The fourth-order valence-electron chi connectivity index (χ4n) is 2.42. The molecule has 1 atom stereocenters. The van der Waals surface area contributed by atoms with Crippen molar-refractivity contribution in [2.75, 3.05) is 6.61 Å². The molecule has 0 fully saturated rings. The van der Waals surface area contributed by atoms with Crippen LogP contribution in [0.25, 0.3) is 10.8 Å². The zero-order chi connectivity index (χ0) is 18.3. The summed E-state index contributed by atoms with van der Waals surface area (Å²) in [5.74, 6) is 0.0911. The number of phosphoric ester groups is 1. The number of unbranched alkanes of at least 4 members (excludes halogenated alkanes) is 1. The van der Waals surface area contributed by atoms with Gasteiger partial charge in [-0.05, 0) is 38.1 Å². The van der Waals surface area contributed by atoms with Gasteiger partial charge in [0.15, 0.2) is 0 Å². The summed E-state index contributed by atoms with van der Waals surface area (Å²) < 4.78 is 21.2. The first-order valence-electron chi connectivity index (χ1n) is 8.37. The van der Waals surface area contributed by atoms with E-state index in [9.17, 15) is 14.3 Å². The predicted octanol–water partition coefficient (Wildman–Crippen LogP) is 4.06. The van der Waals surface area contributed by atoms with Crippen molar-refractivity contribution in [3.05, 3.63) is 42.2 Å². The third-order valence-corrected chi connectivity index (χ3v) is 4.71. The van der Waals surface area contributed by atoms with Gasteiger partial charge in [0.1, 0.15) is 5.78 Å². The fourth-order valence-corrected chi connectivity index (χ4v) is 3.37. The minimum Gasteiger partial charge on any atom is -0.302 e. The lowest BCUT2D eigenvalue weighted by Gasteiger charge is -2.14. The molecule has 1 heterocycles. The monoisotopic (exact) mass is 365 g/mol. The Hall–Kier alpha value is -1.59. The maximum atomic E-state index is 12.0. The SMILES string of the molecule is CC(C)OP(=O)(O)OCCCCC(=O)Cc1cc2ccccc2cn1. The lowest BCUT2D eigenvalue weighted by Crippen LogP contribution is -2.06. The Kier molecular flexibility index (Phi) is 7.26. The van der Waals surface area contributed by atoms with Crippen LogP contribution in [-0.4, -0.2) is 28.4 Å². The van der Waals surface area contributed by atoms with E-state index in [0.717, 1.165) is 16.5 Å². The first kappa shape index (κ1) is 19.7. The molecule has 0 spiro atoms. The van der Waals surface area contributed by atoms with Crippen molar-refractivity contribution in [1.82, 2.24) is 4.98 Å². The van der Waals surface area contributed by atoms with E-state index in [0.29, 0.717) is 25.7 Å². The Morgan fingerprint density at radius 2 is 1.96 bits per heavy atom. The molecule has 25 heavy (non-hydrogen) atoms. The van der Waals surface area contributed by atoms with Gasteiger partial charge in [-0.15, -0.1) is 0 Å². The highest BCUT2D eigenvalue weighted by atomic mass is 31.2. The zero-order valence-electron chi connectivity index (χ0n) is 14.6. The van der Waals surface area contributed by atoms with E-state index in [1.165, 1.54) is 0 Å². The molecule has 0 radical (unpaired) electrons. The summed E-state index contributed by atoms with van der Waals surface area (Å²) in [5.41, 5.74) is 0.755. The molecule has 0 aliphatic carbocycles. The summed E-state index contributed by atoms with van der Waals surface area (Å²) in [6.45, 7) is 3.40. The van der Waals surface area contributed by atoms with Crippen LogP contribution in [0.2, 0.25) is 0 Å². The Balaban J connectivity index is 1.71. The number of pyridine rings is 1. The third-order valence-electron chi connectivity index (χ3n) is 3.51. The number of ketones is 1. The van der Waals surface area contributed by atoms with Gasteiger partial charge in [0.05, 0.1) is 12.7 Å². The second-order valence-corrected chi connectivity index (χ2v) is 7.56. The molecule has 0 bridgehead atoms. The average Bonchev–Trinajstić information content (AvgIpc) is 2.53. The van der Waals surface area contributed by atoms with Crippen molar-refractivity contribution in [1.29, 1.82) is 0 Å². The second-order valence-electron chi connectivity index (χ2n) is 6.15. The topological polar surface area (TPSA) is 85.7 Å². The summed E-state index contributed by atoms with van der Waals surface area (Å²) in [7, 11) is -3.99. The summed E-state index contributed by atoms with van der Waals surface area (Å²) in [6, 6.07) is 9.82. The molecule has 0 aliphatic heterocycles. The van der Waals surface area contributed by atoms with Crippen LogP contribution in [0.1, 0.15) is 38.8 Å². The van der Waals surface area contributed by atoms with Crippen LogP contribution < -0.4 is 0 Å². The van der Waals surface area contributed by atoms with E-state index in [1.807, 2.05) is 30.3 Å². The van der Waals surface area contributed by atoms with Crippen molar-refractivity contribution in [2.24, 2.45) is 0 Å². The lowest BCUT2D eigenvalue weighted by molar-refractivity contribution is -0.118. The van der Waals surface area contributed by atoms with Crippen LogP contribution in [0, 0.1) is 0 Å². The molecule has 0 aliphatic rings. The van der Waals surface area contributed by atoms with Crippen LogP contribution in [0.3, 0.4) is 0 Å². The summed E-state index contributed by atoms with van der Waals surface area (Å²) in [5, 5.41) is 2.12. The van der Waals surface area contributed by atoms with Crippen molar-refractivity contribution >= 4 is 24.4 Å². The van der Waals surface area contributed by atoms with Crippen LogP contribution in [-0.2, 0) is 24.8 Å². The van der Waals surface area contributed by atoms with E-state index in [4.69, 9.17) is 9.05 Å². The largest absolute Gasteiger partial charge is 0.472 e. The van der Waals surface area contributed by atoms with Gasteiger partial charge in [0, 0.05) is 30.1 Å². The first-order valence-corrected chi connectivity index (χ1v) is 9.86. The average molecular weight is 365 g/mol.